The Balaban J connectivity index is 1.81. The van der Waals surface area contributed by atoms with E-state index in [0.717, 1.165) is 37.7 Å². The number of hydrogen-bond donors (Lipinski definition) is 3. The number of carbonyl (C=O) groups is 1. The molecule has 140 valence electrons. The SMILES string of the molecule is O=C(Nc1cc(Cl)ccc1Cl)c1c(O)c2c3c(sc2[nH]c1=O)CCCCC3. The van der Waals surface area contributed by atoms with Gasteiger partial charge in [-0.3, -0.25) is 9.59 Å². The van der Waals surface area contributed by atoms with Gasteiger partial charge >= 0.3 is 0 Å². The van der Waals surface area contributed by atoms with Gasteiger partial charge in [0.05, 0.1) is 16.1 Å². The molecule has 0 bridgehead atoms. The Hall–Kier alpha value is -2.02. The summed E-state index contributed by atoms with van der Waals surface area (Å²) in [7, 11) is 0. The van der Waals surface area contributed by atoms with Crippen molar-refractivity contribution >= 4 is 56.3 Å². The number of amides is 1. The molecule has 0 atom stereocenters. The second-order valence-corrected chi connectivity index (χ2v) is 8.47. The molecule has 3 N–H and O–H groups in total. The number of benzene rings is 1. The van der Waals surface area contributed by atoms with Crippen molar-refractivity contribution in [3.8, 4) is 5.75 Å². The van der Waals surface area contributed by atoms with Crippen LogP contribution in [-0.2, 0) is 12.8 Å². The normalized spacial score (nSPS) is 14.0. The molecule has 1 aliphatic rings. The molecule has 4 rings (SSSR count). The minimum absolute atomic E-state index is 0.274. The van der Waals surface area contributed by atoms with Crippen molar-refractivity contribution in [2.75, 3.05) is 5.32 Å². The average molecular weight is 423 g/mol. The third-order valence-electron chi connectivity index (χ3n) is 4.75. The van der Waals surface area contributed by atoms with Crippen LogP contribution in [-0.4, -0.2) is 16.0 Å². The molecule has 0 radical (unpaired) electrons. The van der Waals surface area contributed by atoms with Gasteiger partial charge in [0.25, 0.3) is 11.5 Å². The van der Waals surface area contributed by atoms with E-state index in [9.17, 15) is 14.7 Å². The van der Waals surface area contributed by atoms with Crippen LogP contribution >= 0.6 is 34.5 Å². The molecular weight excluding hydrogens is 407 g/mol. The van der Waals surface area contributed by atoms with E-state index >= 15 is 0 Å². The predicted octanol–water partition coefficient (Wildman–Crippen LogP) is 5.12. The maximum absolute atomic E-state index is 12.7. The maximum atomic E-state index is 12.7. The fourth-order valence-electron chi connectivity index (χ4n) is 3.47. The summed E-state index contributed by atoms with van der Waals surface area (Å²) >= 11 is 13.5. The van der Waals surface area contributed by atoms with Crippen molar-refractivity contribution in [2.24, 2.45) is 0 Å². The number of anilines is 1. The van der Waals surface area contributed by atoms with Crippen molar-refractivity contribution in [1.82, 2.24) is 4.98 Å². The number of aromatic hydroxyl groups is 1. The Labute approximate surface area is 168 Å². The molecule has 2 heterocycles. The second-order valence-electron chi connectivity index (χ2n) is 6.52. The molecule has 1 aromatic carbocycles. The molecule has 0 spiro atoms. The summed E-state index contributed by atoms with van der Waals surface area (Å²) in [6, 6.07) is 4.63. The lowest BCUT2D eigenvalue weighted by atomic mass is 10.0. The second kappa shape index (κ2) is 7.19. The van der Waals surface area contributed by atoms with Crippen LogP contribution in [0, 0.1) is 0 Å². The maximum Gasteiger partial charge on any atom is 0.265 e. The quantitative estimate of drug-likeness (QED) is 0.500. The molecule has 27 heavy (non-hydrogen) atoms. The van der Waals surface area contributed by atoms with Gasteiger partial charge in [0.15, 0.2) is 0 Å². The van der Waals surface area contributed by atoms with Crippen LogP contribution in [0.3, 0.4) is 0 Å². The van der Waals surface area contributed by atoms with Crippen molar-refractivity contribution in [3.05, 3.63) is 54.6 Å². The Morgan fingerprint density at radius 1 is 1.19 bits per heavy atom. The van der Waals surface area contributed by atoms with E-state index in [1.807, 2.05) is 0 Å². The molecule has 1 amide bonds. The van der Waals surface area contributed by atoms with Crippen molar-refractivity contribution in [1.29, 1.82) is 0 Å². The van der Waals surface area contributed by atoms with E-state index < -0.39 is 11.5 Å². The van der Waals surface area contributed by atoms with Crippen LogP contribution in [0.2, 0.25) is 10.0 Å². The number of thiophene rings is 1. The third kappa shape index (κ3) is 3.33. The highest BCUT2D eigenvalue weighted by Crippen LogP contribution is 2.39. The molecule has 1 aliphatic carbocycles. The number of pyridine rings is 1. The number of aryl methyl sites for hydroxylation is 2. The summed E-state index contributed by atoms with van der Waals surface area (Å²) in [5.41, 5.74) is 0.365. The molecule has 5 nitrogen and oxygen atoms in total. The summed E-state index contributed by atoms with van der Waals surface area (Å²) in [6.07, 6.45) is 5.00. The molecule has 0 fully saturated rings. The van der Waals surface area contributed by atoms with Crippen molar-refractivity contribution < 1.29 is 9.90 Å². The first kappa shape index (κ1) is 18.3. The Kier molecular flexibility index (Phi) is 4.88. The van der Waals surface area contributed by atoms with Crippen LogP contribution in [0.1, 0.15) is 40.1 Å². The molecule has 0 saturated heterocycles. The van der Waals surface area contributed by atoms with Gasteiger partial charge in [-0.2, -0.15) is 0 Å². The standard InChI is InChI=1S/C19H16Cl2N2O3S/c20-9-6-7-11(21)12(8-9)22-17(25)15-16(24)14-10-4-2-1-3-5-13(10)27-19(14)23-18(15)26/h6-8H,1-5H2,(H,22,25)(H2,23,24,26). The lowest BCUT2D eigenvalue weighted by Crippen LogP contribution is -2.23. The number of H-pyrrole nitrogens is 1. The van der Waals surface area contributed by atoms with Crippen molar-refractivity contribution in [2.45, 2.75) is 32.1 Å². The van der Waals surface area contributed by atoms with E-state index in [2.05, 4.69) is 10.3 Å². The largest absolute Gasteiger partial charge is 0.506 e. The third-order valence-corrected chi connectivity index (χ3v) is 6.52. The van der Waals surface area contributed by atoms with Crippen LogP contribution < -0.4 is 10.9 Å². The Morgan fingerprint density at radius 3 is 2.78 bits per heavy atom. The van der Waals surface area contributed by atoms with Crippen LogP contribution in [0.5, 0.6) is 5.75 Å². The van der Waals surface area contributed by atoms with Crippen LogP contribution in [0.4, 0.5) is 5.69 Å². The van der Waals surface area contributed by atoms with E-state index in [-0.39, 0.29) is 22.0 Å². The first-order valence-electron chi connectivity index (χ1n) is 8.61. The molecule has 2 aromatic heterocycles. The number of halogens is 2. The van der Waals surface area contributed by atoms with E-state index in [1.54, 1.807) is 12.1 Å². The minimum Gasteiger partial charge on any atom is -0.506 e. The minimum atomic E-state index is -0.728. The summed E-state index contributed by atoms with van der Waals surface area (Å²) in [5.74, 6) is -1.00. The highest BCUT2D eigenvalue weighted by atomic mass is 35.5. The Morgan fingerprint density at radius 2 is 1.96 bits per heavy atom. The highest BCUT2D eigenvalue weighted by Gasteiger charge is 2.25. The molecule has 0 aliphatic heterocycles. The average Bonchev–Trinajstić information content (AvgIpc) is 2.79. The zero-order chi connectivity index (χ0) is 19.1. The summed E-state index contributed by atoms with van der Waals surface area (Å²) < 4.78 is 0. The van der Waals surface area contributed by atoms with Gasteiger partial charge in [-0.15, -0.1) is 11.3 Å². The van der Waals surface area contributed by atoms with Gasteiger partial charge in [-0.25, -0.2) is 0 Å². The fraction of sp³-hybridized carbons (Fsp3) is 0.263. The number of aromatic amines is 1. The van der Waals surface area contributed by atoms with Gasteiger partial charge in [0.1, 0.15) is 16.1 Å². The monoisotopic (exact) mass is 422 g/mol. The number of hydrogen-bond acceptors (Lipinski definition) is 4. The van der Waals surface area contributed by atoms with Crippen molar-refractivity contribution in [3.63, 3.8) is 0 Å². The van der Waals surface area contributed by atoms with E-state index in [0.29, 0.717) is 15.2 Å². The first-order valence-corrected chi connectivity index (χ1v) is 10.2. The van der Waals surface area contributed by atoms with Gasteiger partial charge in [-0.05, 0) is 49.4 Å². The van der Waals surface area contributed by atoms with Crippen LogP contribution in [0.15, 0.2) is 23.0 Å². The molecule has 3 aromatic rings. The van der Waals surface area contributed by atoms with Gasteiger partial charge in [-0.1, -0.05) is 29.6 Å². The highest BCUT2D eigenvalue weighted by molar-refractivity contribution is 7.18. The fourth-order valence-corrected chi connectivity index (χ4v) is 5.09. The molecule has 0 unspecified atom stereocenters. The summed E-state index contributed by atoms with van der Waals surface area (Å²) in [4.78, 5) is 29.8. The lowest BCUT2D eigenvalue weighted by molar-refractivity contribution is 0.102. The first-order chi connectivity index (χ1) is 13.0. The predicted molar refractivity (Wildman–Crippen MR) is 110 cm³/mol. The van der Waals surface area contributed by atoms with E-state index in [1.165, 1.54) is 22.3 Å². The zero-order valence-electron chi connectivity index (χ0n) is 14.2. The molecule has 0 saturated carbocycles. The zero-order valence-corrected chi connectivity index (χ0v) is 16.5. The number of fused-ring (bicyclic) bond motifs is 3. The topological polar surface area (TPSA) is 82.2 Å². The van der Waals surface area contributed by atoms with Gasteiger partial charge in [0.2, 0.25) is 0 Å². The number of aromatic nitrogens is 1. The number of rotatable bonds is 2. The number of carbonyl (C=O) groups excluding carboxylic acids is 1. The van der Waals surface area contributed by atoms with Gasteiger partial charge in [0, 0.05) is 9.90 Å². The van der Waals surface area contributed by atoms with E-state index in [4.69, 9.17) is 23.2 Å². The molecule has 8 heteroatoms. The Bertz CT molecular complexity index is 1120. The van der Waals surface area contributed by atoms with Crippen LogP contribution in [0.25, 0.3) is 10.2 Å². The lowest BCUT2D eigenvalue weighted by Gasteiger charge is -2.09. The summed E-state index contributed by atoms with van der Waals surface area (Å²) in [5, 5.41) is 14.6. The smallest absolute Gasteiger partial charge is 0.265 e. The summed E-state index contributed by atoms with van der Waals surface area (Å²) in [6.45, 7) is 0. The number of nitrogens with one attached hydrogen (secondary N) is 2. The van der Waals surface area contributed by atoms with Gasteiger partial charge < -0.3 is 15.4 Å². The molecular formula is C19H16Cl2N2O3S.